The van der Waals surface area contributed by atoms with Crippen molar-refractivity contribution >= 4 is 33.5 Å². The lowest BCUT2D eigenvalue weighted by molar-refractivity contribution is -0.286. The summed E-state index contributed by atoms with van der Waals surface area (Å²) in [6, 6.07) is 8.21. The van der Waals surface area contributed by atoms with E-state index in [0.717, 1.165) is 43.5 Å². The Morgan fingerprint density at radius 3 is 2.27 bits per heavy atom. The molecule has 4 rings (SSSR count). The molecule has 0 spiro atoms. The minimum absolute atomic E-state index is 0.118. The molecule has 2 aromatic rings. The van der Waals surface area contributed by atoms with Crippen molar-refractivity contribution in [1.29, 1.82) is 0 Å². The minimum Gasteiger partial charge on any atom is -0.460 e. The fourth-order valence-corrected chi connectivity index (χ4v) is 5.06. The number of carbonyl (C=O) groups is 2. The zero-order chi connectivity index (χ0) is 29.6. The number of halogens is 6. The quantitative estimate of drug-likeness (QED) is 0.236. The summed E-state index contributed by atoms with van der Waals surface area (Å²) in [6.07, 6.45) is -6.78. The largest absolute Gasteiger partial charge is 0.586 e. The number of nitrogens with one attached hydrogen (secondary N) is 1. The lowest BCUT2D eigenvalue weighted by atomic mass is 9.85. The van der Waals surface area contributed by atoms with Crippen LogP contribution >= 0.6 is 15.9 Å². The van der Waals surface area contributed by atoms with Crippen LogP contribution in [0.15, 0.2) is 40.9 Å². The highest BCUT2D eigenvalue weighted by molar-refractivity contribution is 9.10. The maximum atomic E-state index is 13.9. The van der Waals surface area contributed by atoms with E-state index >= 15 is 0 Å². The van der Waals surface area contributed by atoms with E-state index in [1.807, 2.05) is 0 Å². The molecule has 12 heteroatoms. The predicted octanol–water partition coefficient (Wildman–Crippen LogP) is 7.92. The van der Waals surface area contributed by atoms with Crippen LogP contribution < -0.4 is 14.8 Å². The fraction of sp³-hybridized carbons (Fsp3) is 0.500. The van der Waals surface area contributed by atoms with E-state index in [-0.39, 0.29) is 41.2 Å². The molecular weight excluding hydrogens is 605 g/mol. The van der Waals surface area contributed by atoms with Gasteiger partial charge in [-0.15, -0.1) is 8.78 Å². The molecule has 1 heterocycles. The van der Waals surface area contributed by atoms with Crippen LogP contribution in [-0.2, 0) is 14.3 Å². The molecule has 218 valence electrons. The summed E-state index contributed by atoms with van der Waals surface area (Å²) in [6.45, 7) is 6.16. The number of fused-ring (bicyclic) bond motifs is 1. The van der Waals surface area contributed by atoms with Gasteiger partial charge in [0.15, 0.2) is 11.5 Å². The predicted molar refractivity (Wildman–Crippen MR) is 139 cm³/mol. The zero-order valence-corrected chi connectivity index (χ0v) is 23.8. The maximum absolute atomic E-state index is 13.9. The van der Waals surface area contributed by atoms with Crippen LogP contribution in [0.2, 0.25) is 0 Å². The van der Waals surface area contributed by atoms with Gasteiger partial charge in [0.2, 0.25) is 5.91 Å². The van der Waals surface area contributed by atoms with Gasteiger partial charge in [-0.1, -0.05) is 19.1 Å². The molecular formula is C28H29BrF5NO5. The van der Waals surface area contributed by atoms with E-state index in [2.05, 4.69) is 30.7 Å². The Labute approximate surface area is 236 Å². The minimum atomic E-state index is -4.77. The van der Waals surface area contributed by atoms with Crippen molar-refractivity contribution < 1.29 is 45.8 Å². The van der Waals surface area contributed by atoms with Gasteiger partial charge in [0.25, 0.3) is 0 Å². The Kier molecular flexibility index (Phi) is 8.14. The van der Waals surface area contributed by atoms with Crippen molar-refractivity contribution in [3.63, 3.8) is 0 Å². The summed E-state index contributed by atoms with van der Waals surface area (Å²) >= 11 is 3.34. The third kappa shape index (κ3) is 7.24. The SMILES string of the molecule is C[C@H]([C@H](C(=O)Nc1cc(C(CC(=O)OC(C)(C)C)C2CC2)ccc1Br)c1ccc2c(c1)OC(F)(F)O2)C(F)(F)F. The van der Waals surface area contributed by atoms with Gasteiger partial charge in [-0.3, -0.25) is 9.59 Å². The van der Waals surface area contributed by atoms with Gasteiger partial charge in [-0.2, -0.15) is 13.2 Å². The molecule has 1 aliphatic carbocycles. The van der Waals surface area contributed by atoms with Crippen LogP contribution in [0, 0.1) is 11.8 Å². The second-order valence-corrected chi connectivity index (χ2v) is 12.0. The van der Waals surface area contributed by atoms with Crippen molar-refractivity contribution in [3.05, 3.63) is 52.0 Å². The van der Waals surface area contributed by atoms with Crippen molar-refractivity contribution in [3.8, 4) is 11.5 Å². The van der Waals surface area contributed by atoms with E-state index in [9.17, 15) is 31.5 Å². The van der Waals surface area contributed by atoms with Crippen molar-refractivity contribution in [2.75, 3.05) is 5.32 Å². The number of anilines is 1. The molecule has 1 aliphatic heterocycles. The van der Waals surface area contributed by atoms with Crippen molar-refractivity contribution in [2.45, 2.75) is 76.9 Å². The molecule has 0 saturated heterocycles. The van der Waals surface area contributed by atoms with Gasteiger partial charge in [0.05, 0.1) is 23.9 Å². The number of rotatable bonds is 8. The number of hydrogen-bond donors (Lipinski definition) is 1. The first-order chi connectivity index (χ1) is 18.4. The highest BCUT2D eigenvalue weighted by atomic mass is 79.9. The standard InChI is InChI=1S/C28H29BrF5NO5/c1-14(27(30,31)32)24(17-8-10-21-22(12-17)39-28(33,34)38-21)25(37)35-20-11-16(7-9-19(20)29)18(15-5-6-15)13-23(36)40-26(2,3)4/h7-12,14-15,18,24H,5-6,13H2,1-4H3,(H,35,37)/t14-,18?,24+/m1/s1. The molecule has 3 atom stereocenters. The van der Waals surface area contributed by atoms with Gasteiger partial charge in [0, 0.05) is 4.47 Å². The molecule has 6 nitrogen and oxygen atoms in total. The van der Waals surface area contributed by atoms with Gasteiger partial charge >= 0.3 is 18.4 Å². The number of benzene rings is 2. The van der Waals surface area contributed by atoms with Crippen LogP contribution in [0.4, 0.5) is 27.6 Å². The third-order valence-corrected chi connectivity index (χ3v) is 7.45. The Bertz CT molecular complexity index is 1290. The lowest BCUT2D eigenvalue weighted by Crippen LogP contribution is -2.34. The molecule has 1 fully saturated rings. The average Bonchev–Trinajstić information content (AvgIpc) is 3.59. The summed E-state index contributed by atoms with van der Waals surface area (Å²) in [5.74, 6) is -6.09. The zero-order valence-electron chi connectivity index (χ0n) is 22.2. The van der Waals surface area contributed by atoms with Crippen molar-refractivity contribution in [1.82, 2.24) is 0 Å². The second kappa shape index (κ2) is 10.8. The van der Waals surface area contributed by atoms with Gasteiger partial charge < -0.3 is 19.5 Å². The van der Waals surface area contributed by atoms with Crippen molar-refractivity contribution in [2.24, 2.45) is 11.8 Å². The number of esters is 1. The van der Waals surface area contributed by atoms with Crippen LogP contribution in [0.3, 0.4) is 0 Å². The average molecular weight is 634 g/mol. The number of amides is 1. The smallest absolute Gasteiger partial charge is 0.460 e. The fourth-order valence-electron chi connectivity index (χ4n) is 4.71. The molecule has 1 amide bonds. The molecule has 2 aliphatic rings. The van der Waals surface area contributed by atoms with E-state index in [1.54, 1.807) is 39.0 Å². The van der Waals surface area contributed by atoms with Crippen LogP contribution in [-0.4, -0.2) is 29.9 Å². The summed E-state index contributed by atoms with van der Waals surface area (Å²) in [7, 11) is 0. The molecule has 0 radical (unpaired) electrons. The summed E-state index contributed by atoms with van der Waals surface area (Å²) < 4.78 is 83.2. The van der Waals surface area contributed by atoms with Gasteiger partial charge in [-0.25, -0.2) is 0 Å². The van der Waals surface area contributed by atoms with Crippen LogP contribution in [0.25, 0.3) is 0 Å². The van der Waals surface area contributed by atoms with E-state index in [1.165, 1.54) is 0 Å². The Hall–Kier alpha value is -2.89. The van der Waals surface area contributed by atoms with E-state index < -0.39 is 41.6 Å². The number of alkyl halides is 5. The normalized spacial score (nSPS) is 18.6. The molecule has 40 heavy (non-hydrogen) atoms. The van der Waals surface area contributed by atoms with E-state index in [0.29, 0.717) is 4.47 Å². The Morgan fingerprint density at radius 2 is 1.68 bits per heavy atom. The molecule has 0 bridgehead atoms. The topological polar surface area (TPSA) is 73.9 Å². The first kappa shape index (κ1) is 30.1. The summed E-state index contributed by atoms with van der Waals surface area (Å²) in [5, 5.41) is 2.57. The van der Waals surface area contributed by atoms with Gasteiger partial charge in [0.1, 0.15) is 5.60 Å². The van der Waals surface area contributed by atoms with Gasteiger partial charge in [-0.05, 0) is 96.8 Å². The first-order valence-corrected chi connectivity index (χ1v) is 13.5. The molecule has 1 unspecified atom stereocenters. The molecule has 2 aromatic carbocycles. The van der Waals surface area contributed by atoms with Crippen LogP contribution in [0.1, 0.15) is 69.9 Å². The Balaban J connectivity index is 1.62. The number of ether oxygens (including phenoxy) is 3. The summed E-state index contributed by atoms with van der Waals surface area (Å²) in [4.78, 5) is 26.0. The second-order valence-electron chi connectivity index (χ2n) is 11.1. The monoisotopic (exact) mass is 633 g/mol. The third-order valence-electron chi connectivity index (χ3n) is 6.76. The highest BCUT2D eigenvalue weighted by Gasteiger charge is 2.47. The Morgan fingerprint density at radius 1 is 1.05 bits per heavy atom. The first-order valence-electron chi connectivity index (χ1n) is 12.7. The molecule has 1 N–H and O–H groups in total. The highest BCUT2D eigenvalue weighted by Crippen LogP contribution is 2.47. The lowest BCUT2D eigenvalue weighted by Gasteiger charge is -2.26. The maximum Gasteiger partial charge on any atom is 0.586 e. The molecule has 1 saturated carbocycles. The number of hydrogen-bond acceptors (Lipinski definition) is 5. The van der Waals surface area contributed by atoms with E-state index in [4.69, 9.17) is 4.74 Å². The molecule has 0 aromatic heterocycles. The van der Waals surface area contributed by atoms with Crippen LogP contribution in [0.5, 0.6) is 11.5 Å². The number of carbonyl (C=O) groups excluding carboxylic acids is 2. The summed E-state index contributed by atoms with van der Waals surface area (Å²) in [5.41, 5.74) is 0.121.